The van der Waals surface area contributed by atoms with Crippen molar-refractivity contribution in [3.05, 3.63) is 46.0 Å². The van der Waals surface area contributed by atoms with Gasteiger partial charge in [-0.2, -0.15) is 0 Å². The zero-order valence-electron chi connectivity index (χ0n) is 9.90. The smallest absolute Gasteiger partial charge is 0.198 e. The van der Waals surface area contributed by atoms with Gasteiger partial charge in [0.15, 0.2) is 34.9 Å². The normalized spacial score (nSPS) is 11.0. The van der Waals surface area contributed by atoms with Crippen molar-refractivity contribution in [2.75, 3.05) is 0 Å². The Morgan fingerprint density at radius 3 is 1.32 bits per heavy atom. The van der Waals surface area contributed by atoms with Gasteiger partial charge in [0.05, 0.1) is 17.3 Å². The van der Waals surface area contributed by atoms with Crippen LogP contribution >= 0.6 is 0 Å². The van der Waals surface area contributed by atoms with E-state index in [0.717, 1.165) is 0 Å². The molecule has 0 aliphatic rings. The van der Waals surface area contributed by atoms with Crippen LogP contribution < -0.4 is 10.2 Å². The predicted molar refractivity (Wildman–Crippen MR) is 52.4 cm³/mol. The Morgan fingerprint density at radius 2 is 0.909 bits per heavy atom. The first kappa shape index (κ1) is 15.6. The van der Waals surface area contributed by atoms with E-state index >= 15 is 0 Å². The third-order valence-electron chi connectivity index (χ3n) is 2.81. The molecular weight excluding hydrogens is 322 g/mol. The van der Waals surface area contributed by atoms with Crippen LogP contribution in [0.1, 0.15) is 20.7 Å². The number of rotatable bonds is 2. The summed E-state index contributed by atoms with van der Waals surface area (Å²) in [5.74, 6) is -20.0. The fourth-order valence-corrected chi connectivity index (χ4v) is 1.92. The van der Waals surface area contributed by atoms with Crippen molar-refractivity contribution in [3.63, 3.8) is 0 Å². The van der Waals surface area contributed by atoms with Gasteiger partial charge in [-0.3, -0.25) is 0 Å². The first-order chi connectivity index (χ1) is 10.1. The van der Waals surface area contributed by atoms with Gasteiger partial charge in [0.2, 0.25) is 0 Å². The number of carbonyl (C=O) groups is 2. The molecule has 10 heteroatoms. The van der Waals surface area contributed by atoms with Gasteiger partial charge >= 0.3 is 0 Å². The lowest BCUT2D eigenvalue weighted by Crippen LogP contribution is -2.32. The predicted octanol–water partition coefficient (Wildman–Crippen LogP) is 0.401. The van der Waals surface area contributed by atoms with E-state index in [1.54, 1.807) is 0 Å². The van der Waals surface area contributed by atoms with Gasteiger partial charge in [-0.05, 0) is 0 Å². The van der Waals surface area contributed by atoms with Crippen LogP contribution in [0, 0.1) is 34.9 Å². The number of carbonyl (C=O) groups excluding carboxylic acids is 2. The molecule has 4 nitrogen and oxygen atoms in total. The van der Waals surface area contributed by atoms with Crippen LogP contribution in [0.15, 0.2) is 0 Å². The molecule has 0 radical (unpaired) electrons. The highest BCUT2D eigenvalue weighted by Gasteiger charge is 2.30. The lowest BCUT2D eigenvalue weighted by atomic mass is 9.96. The Morgan fingerprint density at radius 1 is 0.545 bits per heavy atom. The zero-order valence-corrected chi connectivity index (χ0v) is 9.90. The number of hydrogen-bond acceptors (Lipinski definition) is 4. The van der Waals surface area contributed by atoms with E-state index in [9.17, 15) is 46.1 Å². The van der Waals surface area contributed by atoms with Gasteiger partial charge in [-0.25, -0.2) is 26.3 Å². The van der Waals surface area contributed by atoms with Crippen molar-refractivity contribution in [2.24, 2.45) is 0 Å². The number of benzene rings is 2. The van der Waals surface area contributed by atoms with E-state index in [1.807, 2.05) is 0 Å². The minimum Gasteiger partial charge on any atom is -0.545 e. The second-order valence-electron chi connectivity index (χ2n) is 3.96. The molecule has 0 spiro atoms. The Balaban J connectivity index is 3.31. The maximum absolute atomic E-state index is 13.6. The molecule has 116 valence electrons. The molecule has 2 aromatic carbocycles. The SMILES string of the molecule is O=C([O-])c1c(F)c(F)c2c(F)c(F)c(F)c(F)c2c1C(=O)[O-]. The standard InChI is InChI=1S/C12H2F6O4/c13-5-1-2(11(19)20)4(12(21)22)8(16)6(14)3(1)7(15)10(18)9(5)17/h(H,19,20)(H,21,22)/p-2. The highest BCUT2D eigenvalue weighted by atomic mass is 19.2. The summed E-state index contributed by atoms with van der Waals surface area (Å²) in [6.45, 7) is 0. The Bertz CT molecular complexity index is 861. The van der Waals surface area contributed by atoms with E-state index in [0.29, 0.717) is 0 Å². The number of halogens is 6. The van der Waals surface area contributed by atoms with Crippen LogP contribution in [0.3, 0.4) is 0 Å². The molecule has 0 bridgehead atoms. The summed E-state index contributed by atoms with van der Waals surface area (Å²) < 4.78 is 80.5. The molecule has 0 aromatic heterocycles. The average molecular weight is 322 g/mol. The molecule has 0 aliphatic heterocycles. The molecule has 0 amide bonds. The van der Waals surface area contributed by atoms with Crippen molar-refractivity contribution in [3.8, 4) is 0 Å². The molecule has 0 heterocycles. The minimum atomic E-state index is -2.61. The first-order valence-electron chi connectivity index (χ1n) is 5.20. The van der Waals surface area contributed by atoms with E-state index in [2.05, 4.69) is 0 Å². The molecule has 0 saturated heterocycles. The van der Waals surface area contributed by atoms with Crippen LogP contribution in [-0.2, 0) is 0 Å². The molecule has 0 aliphatic carbocycles. The minimum absolute atomic E-state index is 1.82. The molecule has 0 saturated carbocycles. The van der Waals surface area contributed by atoms with E-state index < -0.39 is 68.7 Å². The van der Waals surface area contributed by atoms with Gasteiger partial charge < -0.3 is 19.8 Å². The number of carboxylic acid groups (broad SMARTS) is 2. The number of hydrogen-bond donors (Lipinski definition) is 0. The van der Waals surface area contributed by atoms with Gasteiger partial charge in [0.1, 0.15) is 0 Å². The van der Waals surface area contributed by atoms with E-state index in [1.165, 1.54) is 0 Å². The topological polar surface area (TPSA) is 80.3 Å². The quantitative estimate of drug-likeness (QED) is 0.455. The summed E-state index contributed by atoms with van der Waals surface area (Å²) >= 11 is 0. The van der Waals surface area contributed by atoms with Crippen molar-refractivity contribution >= 4 is 22.7 Å². The van der Waals surface area contributed by atoms with Gasteiger partial charge in [0, 0.05) is 16.5 Å². The average Bonchev–Trinajstić information content (AvgIpc) is 2.44. The zero-order chi connectivity index (χ0) is 16.9. The molecule has 0 unspecified atom stereocenters. The number of fused-ring (bicyclic) bond motifs is 1. The van der Waals surface area contributed by atoms with Crippen molar-refractivity contribution in [1.29, 1.82) is 0 Å². The van der Waals surface area contributed by atoms with Crippen molar-refractivity contribution < 1.29 is 46.1 Å². The lowest BCUT2D eigenvalue weighted by molar-refractivity contribution is -0.259. The van der Waals surface area contributed by atoms with Gasteiger partial charge in [-0.15, -0.1) is 0 Å². The molecule has 22 heavy (non-hydrogen) atoms. The Hall–Kier alpha value is -2.78. The summed E-state index contributed by atoms with van der Waals surface area (Å²) in [5, 5.41) is 17.8. The summed E-state index contributed by atoms with van der Waals surface area (Å²) in [5.41, 5.74) is -3.93. The van der Waals surface area contributed by atoms with Gasteiger partial charge in [0.25, 0.3) is 0 Å². The fraction of sp³-hybridized carbons (Fsp3) is 0. The third kappa shape index (κ3) is 1.87. The van der Waals surface area contributed by atoms with E-state index in [-0.39, 0.29) is 0 Å². The maximum Gasteiger partial charge on any atom is 0.198 e. The summed E-state index contributed by atoms with van der Waals surface area (Å²) in [6.07, 6.45) is 0. The molecule has 2 aromatic rings. The highest BCUT2D eigenvalue weighted by molar-refractivity contribution is 6.11. The Labute approximate surface area is 116 Å². The van der Waals surface area contributed by atoms with Crippen molar-refractivity contribution in [2.45, 2.75) is 0 Å². The third-order valence-corrected chi connectivity index (χ3v) is 2.81. The molecular formula is C12F6O4-2. The van der Waals surface area contributed by atoms with Crippen LogP contribution in [0.4, 0.5) is 26.3 Å². The van der Waals surface area contributed by atoms with Gasteiger partial charge in [-0.1, -0.05) is 0 Å². The highest BCUT2D eigenvalue weighted by Crippen LogP contribution is 2.34. The molecule has 2 rings (SSSR count). The largest absolute Gasteiger partial charge is 0.545 e. The van der Waals surface area contributed by atoms with Crippen molar-refractivity contribution in [1.82, 2.24) is 0 Å². The summed E-state index contributed by atoms with van der Waals surface area (Å²) in [6, 6.07) is 0. The molecule has 0 atom stereocenters. The number of carboxylic acids is 2. The second kappa shape index (κ2) is 4.90. The first-order valence-corrected chi connectivity index (χ1v) is 5.20. The fourth-order valence-electron chi connectivity index (χ4n) is 1.92. The molecule has 0 fully saturated rings. The molecule has 0 N–H and O–H groups in total. The van der Waals surface area contributed by atoms with Crippen LogP contribution in [0.2, 0.25) is 0 Å². The summed E-state index contributed by atoms with van der Waals surface area (Å²) in [4.78, 5) is 21.6. The monoisotopic (exact) mass is 322 g/mol. The summed E-state index contributed by atoms with van der Waals surface area (Å²) in [7, 11) is 0. The Kier molecular flexibility index (Phi) is 3.47. The second-order valence-corrected chi connectivity index (χ2v) is 3.96. The lowest BCUT2D eigenvalue weighted by Gasteiger charge is -2.18. The maximum atomic E-state index is 13.6. The van der Waals surface area contributed by atoms with Crippen LogP contribution in [-0.4, -0.2) is 11.9 Å². The van der Waals surface area contributed by atoms with E-state index in [4.69, 9.17) is 0 Å². The van der Waals surface area contributed by atoms with Crippen LogP contribution in [0.25, 0.3) is 10.8 Å². The number of aromatic carboxylic acids is 2. The van der Waals surface area contributed by atoms with Crippen LogP contribution in [0.5, 0.6) is 0 Å².